The van der Waals surface area contributed by atoms with Crippen LogP contribution in [0.4, 0.5) is 9.39 Å². The Labute approximate surface area is 279 Å². The van der Waals surface area contributed by atoms with E-state index in [1.165, 1.54) is 18.2 Å². The number of anilines is 1. The molecule has 0 bridgehead atoms. The molecular formula is C32H34FN5O7S2. The van der Waals surface area contributed by atoms with Crippen molar-refractivity contribution in [2.75, 3.05) is 25.1 Å². The third-order valence-corrected chi connectivity index (χ3v) is 8.84. The summed E-state index contributed by atoms with van der Waals surface area (Å²) in [6, 6.07) is 12.7. The molecule has 2 amide bonds. The van der Waals surface area contributed by atoms with E-state index in [1.807, 2.05) is 6.92 Å². The van der Waals surface area contributed by atoms with E-state index in [1.54, 1.807) is 62.6 Å². The van der Waals surface area contributed by atoms with Gasteiger partial charge in [-0.25, -0.2) is 14.0 Å². The molecule has 2 aromatic heterocycles. The predicted molar refractivity (Wildman–Crippen MR) is 175 cm³/mol. The third kappa shape index (κ3) is 8.34. The molecule has 0 saturated heterocycles. The molecule has 0 unspecified atom stereocenters. The number of benzene rings is 2. The molecular weight excluding hydrogens is 650 g/mol. The summed E-state index contributed by atoms with van der Waals surface area (Å²) in [5.41, 5.74) is 0.939. The van der Waals surface area contributed by atoms with E-state index < -0.39 is 34.8 Å². The minimum atomic E-state index is -0.773. The second-order valence-corrected chi connectivity index (χ2v) is 12.1. The SMILES string of the molecule is CCOC(=O)c1sc(NC(=O)[C@@H](C)Sc2nnc(CNC(=O)c3ccccc3F)n2-c2ccc(OCC)cc2)c(C(=O)OCC)c1C. The highest BCUT2D eigenvalue weighted by atomic mass is 32.2. The van der Waals surface area contributed by atoms with Gasteiger partial charge in [-0.05, 0) is 76.6 Å². The van der Waals surface area contributed by atoms with Crippen molar-refractivity contribution in [1.82, 2.24) is 20.1 Å². The minimum Gasteiger partial charge on any atom is -0.494 e. The number of esters is 2. The van der Waals surface area contributed by atoms with Crippen LogP contribution in [-0.2, 0) is 20.8 Å². The molecule has 0 fully saturated rings. The van der Waals surface area contributed by atoms with Crippen LogP contribution in [-0.4, -0.2) is 63.6 Å². The molecule has 15 heteroatoms. The van der Waals surface area contributed by atoms with Crippen LogP contribution < -0.4 is 15.4 Å². The van der Waals surface area contributed by atoms with Crippen molar-refractivity contribution in [3.63, 3.8) is 0 Å². The van der Waals surface area contributed by atoms with Crippen LogP contribution in [0.15, 0.2) is 53.7 Å². The van der Waals surface area contributed by atoms with Gasteiger partial charge in [0.2, 0.25) is 5.91 Å². The number of carbonyl (C=O) groups is 4. The number of rotatable bonds is 14. The number of thiophene rings is 1. The van der Waals surface area contributed by atoms with Crippen LogP contribution in [0.5, 0.6) is 5.75 Å². The number of nitrogens with zero attached hydrogens (tertiary/aromatic N) is 3. The van der Waals surface area contributed by atoms with Gasteiger partial charge < -0.3 is 24.8 Å². The molecule has 1 atom stereocenters. The number of nitrogens with one attached hydrogen (secondary N) is 2. The molecule has 4 aromatic rings. The topological polar surface area (TPSA) is 151 Å². The Morgan fingerprint density at radius 1 is 0.957 bits per heavy atom. The molecule has 248 valence electrons. The van der Waals surface area contributed by atoms with Gasteiger partial charge in [0.15, 0.2) is 11.0 Å². The Morgan fingerprint density at radius 2 is 1.64 bits per heavy atom. The zero-order chi connectivity index (χ0) is 34.1. The monoisotopic (exact) mass is 683 g/mol. The first kappa shape index (κ1) is 35.1. The van der Waals surface area contributed by atoms with Gasteiger partial charge in [0.25, 0.3) is 5.91 Å². The zero-order valence-corrected chi connectivity index (χ0v) is 28.1. The van der Waals surface area contributed by atoms with Gasteiger partial charge in [0.05, 0.1) is 42.7 Å². The number of hydrogen-bond donors (Lipinski definition) is 2. The van der Waals surface area contributed by atoms with Crippen molar-refractivity contribution < 1.29 is 37.8 Å². The molecule has 12 nitrogen and oxygen atoms in total. The molecule has 0 spiro atoms. The van der Waals surface area contributed by atoms with Gasteiger partial charge in [-0.3, -0.25) is 14.2 Å². The zero-order valence-electron chi connectivity index (χ0n) is 26.4. The molecule has 0 radical (unpaired) electrons. The lowest BCUT2D eigenvalue weighted by atomic mass is 10.1. The molecule has 47 heavy (non-hydrogen) atoms. The first-order valence-electron chi connectivity index (χ1n) is 14.7. The standard InChI is InChI=1S/C32H34FN5O7S2/c1-6-43-21-15-13-20(14-16-21)38-24(17-34-28(40)22-11-9-10-12-23(22)33)36-37-32(38)46-19(5)27(39)35-29-25(30(41)44-7-2)18(4)26(47-29)31(42)45-8-3/h9-16,19H,6-8,17H2,1-5H3,(H,34,40)(H,35,39)/t19-/m1/s1. The first-order chi connectivity index (χ1) is 22.6. The molecule has 4 rings (SSSR count). The third-order valence-electron chi connectivity index (χ3n) is 6.61. The van der Waals surface area contributed by atoms with Crippen molar-refractivity contribution in [2.24, 2.45) is 0 Å². The summed E-state index contributed by atoms with van der Waals surface area (Å²) in [6.07, 6.45) is 0. The van der Waals surface area contributed by atoms with Gasteiger partial charge in [-0.15, -0.1) is 21.5 Å². The quantitative estimate of drug-likeness (QED) is 0.127. The second kappa shape index (κ2) is 16.2. The molecule has 2 heterocycles. The van der Waals surface area contributed by atoms with Gasteiger partial charge in [-0.2, -0.15) is 0 Å². The van der Waals surface area contributed by atoms with E-state index in [9.17, 15) is 23.6 Å². The van der Waals surface area contributed by atoms with E-state index in [4.69, 9.17) is 14.2 Å². The van der Waals surface area contributed by atoms with E-state index in [2.05, 4.69) is 20.8 Å². The summed E-state index contributed by atoms with van der Waals surface area (Å²) in [7, 11) is 0. The normalized spacial score (nSPS) is 11.4. The number of amides is 2. The van der Waals surface area contributed by atoms with Gasteiger partial charge in [0, 0.05) is 5.69 Å². The number of halogens is 1. The molecule has 2 N–H and O–H groups in total. The van der Waals surface area contributed by atoms with E-state index in [0.29, 0.717) is 34.6 Å². The summed E-state index contributed by atoms with van der Waals surface area (Å²) < 4.78 is 31.7. The maximum atomic E-state index is 14.2. The number of hydrogen-bond acceptors (Lipinski definition) is 11. The highest BCUT2D eigenvalue weighted by molar-refractivity contribution is 8.00. The second-order valence-electron chi connectivity index (χ2n) is 9.77. The fourth-order valence-electron chi connectivity index (χ4n) is 4.38. The van der Waals surface area contributed by atoms with Crippen LogP contribution >= 0.6 is 23.1 Å². The molecule has 2 aromatic carbocycles. The Kier molecular flexibility index (Phi) is 12.1. The number of ether oxygens (including phenoxy) is 3. The van der Waals surface area contributed by atoms with Crippen LogP contribution in [0.25, 0.3) is 5.69 Å². The van der Waals surface area contributed by atoms with Crippen molar-refractivity contribution >= 4 is 51.9 Å². The molecule has 0 aliphatic carbocycles. The highest BCUT2D eigenvalue weighted by Gasteiger charge is 2.29. The highest BCUT2D eigenvalue weighted by Crippen LogP contribution is 2.35. The van der Waals surface area contributed by atoms with Crippen LogP contribution in [0, 0.1) is 12.7 Å². The lowest BCUT2D eigenvalue weighted by Gasteiger charge is -2.15. The van der Waals surface area contributed by atoms with Crippen LogP contribution in [0.1, 0.15) is 69.5 Å². The van der Waals surface area contributed by atoms with Crippen molar-refractivity contribution in [3.8, 4) is 11.4 Å². The molecule has 0 aliphatic heterocycles. The maximum absolute atomic E-state index is 14.2. The fourth-order valence-corrected chi connectivity index (χ4v) is 6.35. The average molecular weight is 684 g/mol. The number of aromatic nitrogens is 3. The van der Waals surface area contributed by atoms with Crippen molar-refractivity contribution in [1.29, 1.82) is 0 Å². The number of carbonyl (C=O) groups excluding carboxylic acids is 4. The lowest BCUT2D eigenvalue weighted by molar-refractivity contribution is -0.115. The summed E-state index contributed by atoms with van der Waals surface area (Å²) in [5.74, 6) is -2.08. The smallest absolute Gasteiger partial charge is 0.348 e. The Balaban J connectivity index is 1.60. The van der Waals surface area contributed by atoms with Crippen LogP contribution in [0.3, 0.4) is 0 Å². The Bertz CT molecular complexity index is 1760. The van der Waals surface area contributed by atoms with Gasteiger partial charge in [0.1, 0.15) is 21.4 Å². The summed E-state index contributed by atoms with van der Waals surface area (Å²) >= 11 is 2.01. The van der Waals surface area contributed by atoms with E-state index in [0.717, 1.165) is 23.1 Å². The summed E-state index contributed by atoms with van der Waals surface area (Å²) in [4.78, 5) is 51.7. The fraction of sp³-hybridized carbons (Fsp3) is 0.312. The van der Waals surface area contributed by atoms with Crippen molar-refractivity contribution in [3.05, 3.63) is 81.7 Å². The Morgan fingerprint density at radius 3 is 2.30 bits per heavy atom. The van der Waals surface area contributed by atoms with E-state index >= 15 is 0 Å². The first-order valence-corrected chi connectivity index (χ1v) is 16.4. The summed E-state index contributed by atoms with van der Waals surface area (Å²) in [6.45, 7) is 9.07. The molecule has 0 aliphatic rings. The largest absolute Gasteiger partial charge is 0.494 e. The maximum Gasteiger partial charge on any atom is 0.348 e. The number of thioether (sulfide) groups is 1. The van der Waals surface area contributed by atoms with Crippen LogP contribution in [0.2, 0.25) is 0 Å². The summed E-state index contributed by atoms with van der Waals surface area (Å²) in [5, 5.41) is 13.7. The van der Waals surface area contributed by atoms with Gasteiger partial charge >= 0.3 is 11.9 Å². The average Bonchev–Trinajstić information content (AvgIpc) is 3.60. The Hall–Kier alpha value is -4.76. The van der Waals surface area contributed by atoms with E-state index in [-0.39, 0.29) is 40.8 Å². The van der Waals surface area contributed by atoms with Gasteiger partial charge in [-0.1, -0.05) is 23.9 Å². The molecule has 0 saturated carbocycles. The predicted octanol–water partition coefficient (Wildman–Crippen LogP) is 5.58. The minimum absolute atomic E-state index is 0.0795. The lowest BCUT2D eigenvalue weighted by Crippen LogP contribution is -2.26. The van der Waals surface area contributed by atoms with Crippen molar-refractivity contribution in [2.45, 2.75) is 51.6 Å².